The average Bonchev–Trinajstić information content (AvgIpc) is 2.39. The highest BCUT2D eigenvalue weighted by Crippen LogP contribution is 2.26. The number of aliphatic carboxylic acids is 1. The zero-order chi connectivity index (χ0) is 15.9. The van der Waals surface area contributed by atoms with Crippen LogP contribution in [0.5, 0.6) is 5.75 Å². The van der Waals surface area contributed by atoms with E-state index in [1.54, 1.807) is 24.3 Å². The van der Waals surface area contributed by atoms with Crippen LogP contribution in [0, 0.1) is 5.41 Å². The Hall–Kier alpha value is -2.04. The molecule has 0 aromatic heterocycles. The van der Waals surface area contributed by atoms with Crippen molar-refractivity contribution in [2.45, 2.75) is 39.5 Å². The number of carbonyl (C=O) groups is 2. The van der Waals surface area contributed by atoms with Crippen molar-refractivity contribution in [1.29, 1.82) is 0 Å². The van der Waals surface area contributed by atoms with E-state index in [2.05, 4.69) is 5.32 Å². The van der Waals surface area contributed by atoms with Crippen LogP contribution in [-0.4, -0.2) is 28.6 Å². The first kappa shape index (κ1) is 17.0. The number of benzene rings is 1. The van der Waals surface area contributed by atoms with Gasteiger partial charge in [0, 0.05) is 18.5 Å². The van der Waals surface area contributed by atoms with Gasteiger partial charge in [0.1, 0.15) is 5.75 Å². The van der Waals surface area contributed by atoms with Crippen molar-refractivity contribution < 1.29 is 19.8 Å². The van der Waals surface area contributed by atoms with E-state index in [0.717, 1.165) is 0 Å². The molecule has 0 aliphatic rings. The Morgan fingerprint density at radius 1 is 1.19 bits per heavy atom. The van der Waals surface area contributed by atoms with E-state index in [9.17, 15) is 14.7 Å². The van der Waals surface area contributed by atoms with Crippen molar-refractivity contribution in [2.24, 2.45) is 5.41 Å². The highest BCUT2D eigenvalue weighted by Gasteiger charge is 2.19. The number of phenols is 1. The molecule has 1 aromatic rings. The molecule has 5 heteroatoms. The second-order valence-corrected chi connectivity index (χ2v) is 5.96. The Morgan fingerprint density at radius 3 is 2.48 bits per heavy atom. The van der Waals surface area contributed by atoms with Gasteiger partial charge >= 0.3 is 5.97 Å². The van der Waals surface area contributed by atoms with Gasteiger partial charge in [0.15, 0.2) is 0 Å². The van der Waals surface area contributed by atoms with Gasteiger partial charge in [-0.15, -0.1) is 0 Å². The number of phenolic OH excluding ortho intramolecular Hbond substituents is 1. The van der Waals surface area contributed by atoms with Crippen molar-refractivity contribution >= 4 is 11.9 Å². The summed E-state index contributed by atoms with van der Waals surface area (Å²) in [7, 11) is 0. The number of carboxylic acids is 1. The molecule has 0 saturated heterocycles. The van der Waals surface area contributed by atoms with Crippen LogP contribution < -0.4 is 5.32 Å². The standard InChI is InChI=1S/C16H23NO4/c1-16(2,8-7-15(20)21)9-10-17-14(19)11-12-5-3-4-6-13(12)18/h3-6,18H,7-11H2,1-2H3,(H,17,19)(H,20,21). The minimum Gasteiger partial charge on any atom is -0.508 e. The van der Waals surface area contributed by atoms with E-state index in [1.165, 1.54) is 0 Å². The predicted octanol–water partition coefficient (Wildman–Crippen LogP) is 2.33. The van der Waals surface area contributed by atoms with Crippen LogP contribution in [0.15, 0.2) is 24.3 Å². The van der Waals surface area contributed by atoms with Crippen LogP contribution in [0.3, 0.4) is 0 Å². The minimum absolute atomic E-state index is 0.120. The Balaban J connectivity index is 2.33. The van der Waals surface area contributed by atoms with Gasteiger partial charge in [-0.3, -0.25) is 9.59 Å². The predicted molar refractivity (Wildman–Crippen MR) is 80.1 cm³/mol. The zero-order valence-electron chi connectivity index (χ0n) is 12.6. The third-order valence-corrected chi connectivity index (χ3v) is 3.48. The second-order valence-electron chi connectivity index (χ2n) is 5.96. The summed E-state index contributed by atoms with van der Waals surface area (Å²) in [4.78, 5) is 22.4. The third kappa shape index (κ3) is 6.79. The molecule has 0 radical (unpaired) electrons. The first-order valence-corrected chi connectivity index (χ1v) is 7.05. The summed E-state index contributed by atoms with van der Waals surface area (Å²) < 4.78 is 0. The van der Waals surface area contributed by atoms with Crippen LogP contribution in [0.1, 0.15) is 38.7 Å². The van der Waals surface area contributed by atoms with E-state index in [4.69, 9.17) is 5.11 Å². The highest BCUT2D eigenvalue weighted by molar-refractivity contribution is 5.79. The molecule has 1 amide bonds. The number of carbonyl (C=O) groups excluding carboxylic acids is 1. The summed E-state index contributed by atoms with van der Waals surface area (Å²) in [6.45, 7) is 4.48. The number of hydrogen-bond donors (Lipinski definition) is 3. The molecule has 0 heterocycles. The molecular weight excluding hydrogens is 270 g/mol. The molecule has 0 bridgehead atoms. The van der Waals surface area contributed by atoms with Gasteiger partial charge in [-0.25, -0.2) is 0 Å². The van der Waals surface area contributed by atoms with Crippen molar-refractivity contribution in [3.8, 4) is 5.75 Å². The van der Waals surface area contributed by atoms with Crippen LogP contribution in [0.25, 0.3) is 0 Å². The maximum absolute atomic E-state index is 11.8. The summed E-state index contributed by atoms with van der Waals surface area (Å²) in [5.74, 6) is -0.827. The molecule has 5 nitrogen and oxygen atoms in total. The summed E-state index contributed by atoms with van der Waals surface area (Å²) >= 11 is 0. The van der Waals surface area contributed by atoms with Gasteiger partial charge in [0.2, 0.25) is 5.91 Å². The lowest BCUT2D eigenvalue weighted by Crippen LogP contribution is -2.29. The number of rotatable bonds is 8. The van der Waals surface area contributed by atoms with E-state index < -0.39 is 5.97 Å². The van der Waals surface area contributed by atoms with Crippen LogP contribution in [0.4, 0.5) is 0 Å². The molecule has 0 saturated carbocycles. The fourth-order valence-electron chi connectivity index (χ4n) is 2.01. The topological polar surface area (TPSA) is 86.6 Å². The molecule has 0 aliphatic carbocycles. The van der Waals surface area contributed by atoms with Gasteiger partial charge in [-0.05, 0) is 24.3 Å². The number of amides is 1. The Labute approximate surface area is 125 Å². The first-order chi connectivity index (χ1) is 9.80. The van der Waals surface area contributed by atoms with Crippen LogP contribution >= 0.6 is 0 Å². The molecule has 1 rings (SSSR count). The van der Waals surface area contributed by atoms with E-state index in [-0.39, 0.29) is 29.9 Å². The lowest BCUT2D eigenvalue weighted by Gasteiger charge is -2.23. The van der Waals surface area contributed by atoms with Gasteiger partial charge in [-0.2, -0.15) is 0 Å². The molecule has 0 aliphatic heterocycles. The third-order valence-electron chi connectivity index (χ3n) is 3.48. The van der Waals surface area contributed by atoms with Gasteiger partial charge < -0.3 is 15.5 Å². The van der Waals surface area contributed by atoms with Crippen LogP contribution in [-0.2, 0) is 16.0 Å². The fraction of sp³-hybridized carbons (Fsp3) is 0.500. The van der Waals surface area contributed by atoms with E-state index >= 15 is 0 Å². The van der Waals surface area contributed by atoms with Crippen molar-refractivity contribution in [1.82, 2.24) is 5.32 Å². The second kappa shape index (κ2) is 7.67. The van der Waals surface area contributed by atoms with Gasteiger partial charge in [-0.1, -0.05) is 32.0 Å². The summed E-state index contributed by atoms with van der Waals surface area (Å²) in [6, 6.07) is 6.75. The Morgan fingerprint density at radius 2 is 1.86 bits per heavy atom. The summed E-state index contributed by atoms with van der Waals surface area (Å²) in [5, 5.41) is 21.1. The number of para-hydroxylation sites is 1. The Bertz CT molecular complexity index is 497. The zero-order valence-corrected chi connectivity index (χ0v) is 12.6. The number of nitrogens with one attached hydrogen (secondary N) is 1. The molecule has 0 fully saturated rings. The first-order valence-electron chi connectivity index (χ1n) is 7.05. The smallest absolute Gasteiger partial charge is 0.303 e. The number of carboxylic acid groups (broad SMARTS) is 1. The van der Waals surface area contributed by atoms with Crippen LogP contribution in [0.2, 0.25) is 0 Å². The minimum atomic E-state index is -0.799. The monoisotopic (exact) mass is 293 g/mol. The number of aromatic hydroxyl groups is 1. The van der Waals surface area contributed by atoms with Crippen molar-refractivity contribution in [2.75, 3.05) is 6.54 Å². The molecule has 0 atom stereocenters. The normalized spacial score (nSPS) is 11.1. The molecule has 21 heavy (non-hydrogen) atoms. The molecule has 0 spiro atoms. The Kier molecular flexibility index (Phi) is 6.21. The highest BCUT2D eigenvalue weighted by atomic mass is 16.4. The molecule has 116 valence electrons. The van der Waals surface area contributed by atoms with Crippen molar-refractivity contribution in [3.05, 3.63) is 29.8 Å². The summed E-state index contributed by atoms with van der Waals surface area (Å²) in [6.07, 6.45) is 1.57. The van der Waals surface area contributed by atoms with Gasteiger partial charge in [0.25, 0.3) is 0 Å². The molecular formula is C16H23NO4. The SMILES string of the molecule is CC(C)(CCNC(=O)Cc1ccccc1O)CCC(=O)O. The maximum atomic E-state index is 11.8. The molecule has 0 unspecified atom stereocenters. The molecule has 1 aromatic carbocycles. The van der Waals surface area contributed by atoms with E-state index in [0.29, 0.717) is 24.9 Å². The van der Waals surface area contributed by atoms with Crippen molar-refractivity contribution in [3.63, 3.8) is 0 Å². The van der Waals surface area contributed by atoms with E-state index in [1.807, 2.05) is 13.8 Å². The number of hydrogen-bond acceptors (Lipinski definition) is 3. The average molecular weight is 293 g/mol. The largest absolute Gasteiger partial charge is 0.508 e. The lowest BCUT2D eigenvalue weighted by molar-refractivity contribution is -0.137. The quantitative estimate of drug-likeness (QED) is 0.686. The maximum Gasteiger partial charge on any atom is 0.303 e. The van der Waals surface area contributed by atoms with Gasteiger partial charge in [0.05, 0.1) is 6.42 Å². The fourth-order valence-corrected chi connectivity index (χ4v) is 2.01. The lowest BCUT2D eigenvalue weighted by atomic mass is 9.84. The summed E-state index contributed by atoms with van der Waals surface area (Å²) in [5.41, 5.74) is 0.473. The molecule has 3 N–H and O–H groups in total.